The second kappa shape index (κ2) is 7.89. The van der Waals surface area contributed by atoms with E-state index < -0.39 is 18.0 Å². The molecular weight excluding hydrogens is 305 g/mol. The van der Waals surface area contributed by atoms with Crippen molar-refractivity contribution in [1.29, 1.82) is 0 Å². The monoisotopic (exact) mass is 317 g/mol. The number of carboxylic acid groups (broad SMARTS) is 1. The maximum Gasteiger partial charge on any atom is 0.332 e. The molecule has 0 unspecified atom stereocenters. The van der Waals surface area contributed by atoms with E-state index in [9.17, 15) is 9.59 Å². The van der Waals surface area contributed by atoms with Gasteiger partial charge in [-0.05, 0) is 23.8 Å². The van der Waals surface area contributed by atoms with E-state index in [1.165, 1.54) is 6.08 Å². The van der Waals surface area contributed by atoms with Gasteiger partial charge in [0.05, 0.1) is 10.0 Å². The van der Waals surface area contributed by atoms with Crippen molar-refractivity contribution in [3.63, 3.8) is 0 Å². The Balaban J connectivity index is 2.43. The van der Waals surface area contributed by atoms with Crippen molar-refractivity contribution in [1.82, 2.24) is 5.32 Å². The molecule has 0 fully saturated rings. The van der Waals surface area contributed by atoms with E-state index in [4.69, 9.17) is 33.4 Å². The molecule has 0 aliphatic heterocycles. The summed E-state index contributed by atoms with van der Waals surface area (Å²) in [5.74, 6) is -1.71. The normalized spacial score (nSPS) is 12.3. The zero-order chi connectivity index (χ0) is 15.1. The van der Waals surface area contributed by atoms with Crippen molar-refractivity contribution in [2.75, 3.05) is 6.54 Å². The van der Waals surface area contributed by atoms with Crippen LogP contribution in [0.5, 0.6) is 0 Å². The summed E-state index contributed by atoms with van der Waals surface area (Å²) >= 11 is 11.6. The van der Waals surface area contributed by atoms with Gasteiger partial charge in [0.25, 0.3) is 0 Å². The van der Waals surface area contributed by atoms with Crippen molar-refractivity contribution in [2.24, 2.45) is 0 Å². The first-order valence-electron chi connectivity index (χ1n) is 5.72. The molecule has 1 aromatic carbocycles. The third-order valence-electron chi connectivity index (χ3n) is 2.37. The van der Waals surface area contributed by atoms with Crippen LogP contribution in [0.25, 0.3) is 6.08 Å². The third-order valence-corrected chi connectivity index (χ3v) is 3.11. The first-order chi connectivity index (χ1) is 9.40. The Bertz CT molecular complexity index is 531. The number of benzene rings is 1. The fourth-order valence-electron chi connectivity index (χ4n) is 1.30. The van der Waals surface area contributed by atoms with Gasteiger partial charge >= 0.3 is 5.97 Å². The fourth-order valence-corrected chi connectivity index (χ4v) is 1.61. The molecule has 5 nitrogen and oxygen atoms in total. The highest BCUT2D eigenvalue weighted by molar-refractivity contribution is 6.42. The Labute approximate surface area is 125 Å². The molecule has 1 atom stereocenters. The molecular formula is C13H13Cl2NO4. The van der Waals surface area contributed by atoms with E-state index in [1.807, 2.05) is 0 Å². The molecule has 7 heteroatoms. The Morgan fingerprint density at radius 1 is 1.30 bits per heavy atom. The molecule has 0 saturated carbocycles. The van der Waals surface area contributed by atoms with Crippen LogP contribution in [-0.2, 0) is 9.59 Å². The van der Waals surface area contributed by atoms with E-state index in [0.29, 0.717) is 15.6 Å². The van der Waals surface area contributed by atoms with Crippen LogP contribution in [0.3, 0.4) is 0 Å². The minimum atomic E-state index is -1.48. The minimum Gasteiger partial charge on any atom is -0.479 e. The first kappa shape index (κ1) is 16.5. The maximum atomic E-state index is 11.4. The molecule has 0 aliphatic rings. The number of amides is 1. The molecule has 1 aromatic rings. The topological polar surface area (TPSA) is 86.6 Å². The third kappa shape index (κ3) is 5.61. The van der Waals surface area contributed by atoms with Gasteiger partial charge in [-0.2, -0.15) is 0 Å². The van der Waals surface area contributed by atoms with Crippen LogP contribution in [0.4, 0.5) is 0 Å². The Hall–Kier alpha value is -1.56. The van der Waals surface area contributed by atoms with Gasteiger partial charge in [0.1, 0.15) is 0 Å². The standard InChI is InChI=1S/C13H13Cl2NO4/c14-9-3-1-8(7-10(9)15)2-4-12(18)16-6-5-11(17)13(19)20/h1-4,7,11,17H,5-6H2,(H,16,18)(H,19,20)/b4-2+/t11-/m0/s1. The highest BCUT2D eigenvalue weighted by Crippen LogP contribution is 2.22. The van der Waals surface area contributed by atoms with Crippen molar-refractivity contribution >= 4 is 41.2 Å². The summed E-state index contributed by atoms with van der Waals surface area (Å²) in [7, 11) is 0. The number of nitrogens with one attached hydrogen (secondary N) is 1. The fraction of sp³-hybridized carbons (Fsp3) is 0.231. The van der Waals surface area contributed by atoms with E-state index in [1.54, 1.807) is 24.3 Å². The van der Waals surface area contributed by atoms with E-state index in [0.717, 1.165) is 0 Å². The number of aliphatic hydroxyl groups is 1. The molecule has 1 rings (SSSR count). The van der Waals surface area contributed by atoms with Crippen LogP contribution >= 0.6 is 23.2 Å². The van der Waals surface area contributed by atoms with Crippen molar-refractivity contribution < 1.29 is 19.8 Å². The molecule has 0 radical (unpaired) electrons. The summed E-state index contributed by atoms with van der Waals surface area (Å²) in [5, 5.41) is 20.7. The lowest BCUT2D eigenvalue weighted by Crippen LogP contribution is -2.28. The van der Waals surface area contributed by atoms with Crippen LogP contribution in [0.15, 0.2) is 24.3 Å². The van der Waals surface area contributed by atoms with Crippen LogP contribution in [-0.4, -0.2) is 34.7 Å². The van der Waals surface area contributed by atoms with Crippen LogP contribution in [0.1, 0.15) is 12.0 Å². The summed E-state index contributed by atoms with van der Waals surface area (Å²) in [6, 6.07) is 4.93. The van der Waals surface area contributed by atoms with Crippen LogP contribution in [0.2, 0.25) is 10.0 Å². The highest BCUT2D eigenvalue weighted by atomic mass is 35.5. The number of halogens is 2. The van der Waals surface area contributed by atoms with Gasteiger partial charge in [-0.15, -0.1) is 0 Å². The first-order valence-corrected chi connectivity index (χ1v) is 6.47. The van der Waals surface area contributed by atoms with Crippen molar-refractivity contribution in [3.8, 4) is 0 Å². The van der Waals surface area contributed by atoms with E-state index in [-0.39, 0.29) is 13.0 Å². The molecule has 0 spiro atoms. The average Bonchev–Trinajstić information content (AvgIpc) is 2.40. The molecule has 0 heterocycles. The number of carboxylic acids is 1. The Morgan fingerprint density at radius 3 is 2.60 bits per heavy atom. The van der Waals surface area contributed by atoms with Gasteiger partial charge in [-0.3, -0.25) is 4.79 Å². The lowest BCUT2D eigenvalue weighted by atomic mass is 10.2. The largest absolute Gasteiger partial charge is 0.479 e. The van der Waals surface area contributed by atoms with Gasteiger partial charge in [0, 0.05) is 19.0 Å². The van der Waals surface area contributed by atoms with E-state index >= 15 is 0 Å². The predicted molar refractivity (Wildman–Crippen MR) is 76.8 cm³/mol. The molecule has 0 saturated heterocycles. The number of aliphatic hydroxyl groups excluding tert-OH is 1. The smallest absolute Gasteiger partial charge is 0.332 e. The van der Waals surface area contributed by atoms with Gasteiger partial charge in [-0.1, -0.05) is 29.3 Å². The minimum absolute atomic E-state index is 0.0539. The summed E-state index contributed by atoms with van der Waals surface area (Å²) in [6.45, 7) is 0.0675. The number of hydrogen-bond donors (Lipinski definition) is 3. The lowest BCUT2D eigenvalue weighted by molar-refractivity contribution is -0.147. The van der Waals surface area contributed by atoms with Crippen LogP contribution < -0.4 is 5.32 Å². The Kier molecular flexibility index (Phi) is 6.51. The van der Waals surface area contributed by atoms with Gasteiger partial charge < -0.3 is 15.5 Å². The summed E-state index contributed by atoms with van der Waals surface area (Å²) < 4.78 is 0. The van der Waals surface area contributed by atoms with E-state index in [2.05, 4.69) is 5.32 Å². The summed E-state index contributed by atoms with van der Waals surface area (Å²) in [4.78, 5) is 21.8. The van der Waals surface area contributed by atoms with Gasteiger partial charge in [0.15, 0.2) is 6.10 Å². The molecule has 108 valence electrons. The predicted octanol–water partition coefficient (Wildman–Crippen LogP) is 1.96. The van der Waals surface area contributed by atoms with Crippen molar-refractivity contribution in [2.45, 2.75) is 12.5 Å². The second-order valence-electron chi connectivity index (χ2n) is 3.94. The van der Waals surface area contributed by atoms with Gasteiger partial charge in [-0.25, -0.2) is 4.79 Å². The average molecular weight is 318 g/mol. The van der Waals surface area contributed by atoms with Crippen LogP contribution in [0, 0.1) is 0 Å². The van der Waals surface area contributed by atoms with Gasteiger partial charge in [0.2, 0.25) is 5.91 Å². The summed E-state index contributed by atoms with van der Waals surface area (Å²) in [6.07, 6.45) is 1.30. The highest BCUT2D eigenvalue weighted by Gasteiger charge is 2.12. The molecule has 0 aromatic heterocycles. The molecule has 0 aliphatic carbocycles. The molecule has 1 amide bonds. The molecule has 20 heavy (non-hydrogen) atoms. The quantitative estimate of drug-likeness (QED) is 0.700. The summed E-state index contributed by atoms with van der Waals surface area (Å²) in [5.41, 5.74) is 0.708. The Morgan fingerprint density at radius 2 is 2.00 bits per heavy atom. The number of rotatable bonds is 6. The second-order valence-corrected chi connectivity index (χ2v) is 4.76. The number of hydrogen-bond acceptors (Lipinski definition) is 3. The SMILES string of the molecule is O=C(/C=C/c1ccc(Cl)c(Cl)c1)NCC[C@H](O)C(=O)O. The number of carbonyl (C=O) groups is 2. The number of carbonyl (C=O) groups excluding carboxylic acids is 1. The van der Waals surface area contributed by atoms with Crippen molar-refractivity contribution in [3.05, 3.63) is 39.9 Å². The zero-order valence-corrected chi connectivity index (χ0v) is 11.9. The molecule has 3 N–H and O–H groups in total. The molecule has 0 bridgehead atoms. The lowest BCUT2D eigenvalue weighted by Gasteiger charge is -2.05. The zero-order valence-electron chi connectivity index (χ0n) is 10.3. The maximum absolute atomic E-state index is 11.4. The number of aliphatic carboxylic acids is 1.